The van der Waals surface area contributed by atoms with Gasteiger partial charge < -0.3 is 9.84 Å². The van der Waals surface area contributed by atoms with Crippen LogP contribution in [-0.4, -0.2) is 29.3 Å². The predicted molar refractivity (Wildman–Crippen MR) is 65.7 cm³/mol. The van der Waals surface area contributed by atoms with E-state index in [-0.39, 0.29) is 6.61 Å². The fraction of sp³-hybridized carbons (Fsp3) is 0.500. The third-order valence-electron chi connectivity index (χ3n) is 2.03. The van der Waals surface area contributed by atoms with Gasteiger partial charge in [0, 0.05) is 11.0 Å². The molecule has 1 N–H and O–H groups in total. The molecule has 1 unspecified atom stereocenters. The first-order valence-corrected chi connectivity index (χ1v) is 6.19. The minimum Gasteiger partial charge on any atom is -0.493 e. The van der Waals surface area contributed by atoms with E-state index in [4.69, 9.17) is 9.84 Å². The third-order valence-corrected chi connectivity index (χ3v) is 3.15. The second kappa shape index (κ2) is 6.75. The van der Waals surface area contributed by atoms with Crippen LogP contribution in [0.15, 0.2) is 24.3 Å². The average molecular weight is 226 g/mol. The molecule has 0 aliphatic rings. The smallest absolute Gasteiger partial charge is 0.119 e. The van der Waals surface area contributed by atoms with Crippen molar-refractivity contribution in [3.63, 3.8) is 0 Å². The SMILES string of the molecule is Cc1ccc(OCCSC(C)CO)cc1. The summed E-state index contributed by atoms with van der Waals surface area (Å²) in [7, 11) is 0. The van der Waals surface area contributed by atoms with Crippen LogP contribution in [0.3, 0.4) is 0 Å². The van der Waals surface area contributed by atoms with Crippen LogP contribution in [0.25, 0.3) is 0 Å². The second-order valence-corrected chi connectivity index (χ2v) is 5.07. The number of hydrogen-bond acceptors (Lipinski definition) is 3. The summed E-state index contributed by atoms with van der Waals surface area (Å²) in [6.45, 7) is 4.99. The van der Waals surface area contributed by atoms with Crippen molar-refractivity contribution in [2.75, 3.05) is 19.0 Å². The molecule has 2 nitrogen and oxygen atoms in total. The van der Waals surface area contributed by atoms with Crippen molar-refractivity contribution in [1.29, 1.82) is 0 Å². The Labute approximate surface area is 95.7 Å². The molecule has 0 aliphatic heterocycles. The van der Waals surface area contributed by atoms with E-state index in [9.17, 15) is 0 Å². The highest BCUT2D eigenvalue weighted by molar-refractivity contribution is 7.99. The molecule has 0 bridgehead atoms. The van der Waals surface area contributed by atoms with E-state index in [1.165, 1.54) is 5.56 Å². The summed E-state index contributed by atoms with van der Waals surface area (Å²) >= 11 is 1.72. The van der Waals surface area contributed by atoms with Crippen LogP contribution in [0.2, 0.25) is 0 Å². The van der Waals surface area contributed by atoms with E-state index < -0.39 is 0 Å². The molecule has 0 heterocycles. The summed E-state index contributed by atoms with van der Waals surface area (Å²) in [6.07, 6.45) is 0. The van der Waals surface area contributed by atoms with E-state index in [1.54, 1.807) is 11.8 Å². The molecule has 0 aromatic heterocycles. The lowest BCUT2D eigenvalue weighted by Crippen LogP contribution is -2.07. The predicted octanol–water partition coefficient (Wildman–Crippen LogP) is 2.49. The van der Waals surface area contributed by atoms with E-state index >= 15 is 0 Å². The summed E-state index contributed by atoms with van der Waals surface area (Å²) < 4.78 is 5.55. The number of rotatable bonds is 6. The van der Waals surface area contributed by atoms with Crippen molar-refractivity contribution in [3.05, 3.63) is 29.8 Å². The van der Waals surface area contributed by atoms with Gasteiger partial charge in [0.05, 0.1) is 13.2 Å². The van der Waals surface area contributed by atoms with Crippen LogP contribution in [0.5, 0.6) is 5.75 Å². The highest BCUT2D eigenvalue weighted by Gasteiger charge is 1.99. The number of ether oxygens (including phenoxy) is 1. The largest absolute Gasteiger partial charge is 0.493 e. The Morgan fingerprint density at radius 3 is 2.60 bits per heavy atom. The minimum absolute atomic E-state index is 0.231. The van der Waals surface area contributed by atoms with Gasteiger partial charge in [-0.1, -0.05) is 24.6 Å². The van der Waals surface area contributed by atoms with E-state index in [2.05, 4.69) is 6.92 Å². The molecule has 0 saturated carbocycles. The maximum atomic E-state index is 8.82. The molecule has 1 atom stereocenters. The number of aliphatic hydroxyl groups excluding tert-OH is 1. The molecule has 84 valence electrons. The van der Waals surface area contributed by atoms with Crippen molar-refractivity contribution >= 4 is 11.8 Å². The minimum atomic E-state index is 0.231. The topological polar surface area (TPSA) is 29.5 Å². The molecule has 0 aliphatic carbocycles. The summed E-state index contributed by atoms with van der Waals surface area (Å²) in [4.78, 5) is 0. The number of aliphatic hydroxyl groups is 1. The molecular formula is C12H18O2S. The number of benzene rings is 1. The van der Waals surface area contributed by atoms with Crippen LogP contribution in [-0.2, 0) is 0 Å². The van der Waals surface area contributed by atoms with Gasteiger partial charge in [-0.2, -0.15) is 11.8 Å². The summed E-state index contributed by atoms with van der Waals surface area (Å²) in [5.41, 5.74) is 1.24. The van der Waals surface area contributed by atoms with Crippen molar-refractivity contribution in [2.45, 2.75) is 19.1 Å². The molecule has 1 rings (SSSR count). The van der Waals surface area contributed by atoms with E-state index in [0.29, 0.717) is 11.9 Å². The molecule has 15 heavy (non-hydrogen) atoms. The summed E-state index contributed by atoms with van der Waals surface area (Å²) in [6, 6.07) is 8.04. The Kier molecular flexibility index (Phi) is 5.58. The Hall–Kier alpha value is -0.670. The Bertz CT molecular complexity index is 271. The van der Waals surface area contributed by atoms with Crippen molar-refractivity contribution in [3.8, 4) is 5.75 Å². The van der Waals surface area contributed by atoms with Gasteiger partial charge in [0.15, 0.2) is 0 Å². The van der Waals surface area contributed by atoms with Gasteiger partial charge in [-0.3, -0.25) is 0 Å². The summed E-state index contributed by atoms with van der Waals surface area (Å²) in [5.74, 6) is 1.83. The fourth-order valence-electron chi connectivity index (χ4n) is 1.10. The first kappa shape index (κ1) is 12.4. The van der Waals surface area contributed by atoms with Crippen LogP contribution in [0.1, 0.15) is 12.5 Å². The lowest BCUT2D eigenvalue weighted by molar-refractivity contribution is 0.299. The maximum absolute atomic E-state index is 8.82. The van der Waals surface area contributed by atoms with Crippen molar-refractivity contribution in [2.24, 2.45) is 0 Å². The van der Waals surface area contributed by atoms with Gasteiger partial charge in [-0.05, 0) is 19.1 Å². The fourth-order valence-corrected chi connectivity index (χ4v) is 1.78. The Morgan fingerprint density at radius 2 is 2.00 bits per heavy atom. The molecule has 0 saturated heterocycles. The Balaban J connectivity index is 2.17. The molecule has 1 aromatic carbocycles. The highest BCUT2D eigenvalue weighted by atomic mass is 32.2. The average Bonchev–Trinajstić information content (AvgIpc) is 2.26. The number of thioether (sulfide) groups is 1. The molecule has 0 radical (unpaired) electrons. The zero-order valence-corrected chi connectivity index (χ0v) is 10.1. The maximum Gasteiger partial charge on any atom is 0.119 e. The van der Waals surface area contributed by atoms with Gasteiger partial charge >= 0.3 is 0 Å². The van der Waals surface area contributed by atoms with Crippen LogP contribution in [0, 0.1) is 6.92 Å². The normalized spacial score (nSPS) is 12.5. The van der Waals surface area contributed by atoms with Gasteiger partial charge in [0.25, 0.3) is 0 Å². The molecule has 3 heteroatoms. The first-order valence-electron chi connectivity index (χ1n) is 5.14. The van der Waals surface area contributed by atoms with Gasteiger partial charge in [0.1, 0.15) is 5.75 Å². The first-order chi connectivity index (χ1) is 7.22. The quantitative estimate of drug-likeness (QED) is 0.756. The van der Waals surface area contributed by atoms with Crippen LogP contribution in [0.4, 0.5) is 0 Å². The Morgan fingerprint density at radius 1 is 1.33 bits per heavy atom. The molecule has 0 spiro atoms. The van der Waals surface area contributed by atoms with E-state index in [0.717, 1.165) is 11.5 Å². The summed E-state index contributed by atoms with van der Waals surface area (Å²) in [5, 5.41) is 9.12. The molecule has 0 fully saturated rings. The molecular weight excluding hydrogens is 208 g/mol. The number of hydrogen-bond donors (Lipinski definition) is 1. The number of aryl methyl sites for hydroxylation is 1. The van der Waals surface area contributed by atoms with Crippen molar-refractivity contribution in [1.82, 2.24) is 0 Å². The van der Waals surface area contributed by atoms with Gasteiger partial charge in [0.2, 0.25) is 0 Å². The van der Waals surface area contributed by atoms with Gasteiger partial charge in [-0.15, -0.1) is 0 Å². The lowest BCUT2D eigenvalue weighted by atomic mass is 10.2. The third kappa shape index (κ3) is 5.09. The molecule has 0 amide bonds. The lowest BCUT2D eigenvalue weighted by Gasteiger charge is -2.09. The molecule has 1 aromatic rings. The van der Waals surface area contributed by atoms with E-state index in [1.807, 2.05) is 31.2 Å². The highest BCUT2D eigenvalue weighted by Crippen LogP contribution is 2.13. The standard InChI is InChI=1S/C12H18O2S/c1-10-3-5-12(6-4-10)14-7-8-15-11(2)9-13/h3-6,11,13H,7-9H2,1-2H3. The van der Waals surface area contributed by atoms with Crippen LogP contribution >= 0.6 is 11.8 Å². The van der Waals surface area contributed by atoms with Crippen molar-refractivity contribution < 1.29 is 9.84 Å². The van der Waals surface area contributed by atoms with Crippen LogP contribution < -0.4 is 4.74 Å². The zero-order chi connectivity index (χ0) is 11.1. The van der Waals surface area contributed by atoms with Gasteiger partial charge in [-0.25, -0.2) is 0 Å². The second-order valence-electron chi connectivity index (χ2n) is 3.53. The zero-order valence-electron chi connectivity index (χ0n) is 9.27. The monoisotopic (exact) mass is 226 g/mol.